The largest absolute Gasteiger partial charge is 0.496 e. The number of nitrogens with one attached hydrogen (secondary N) is 1. The first kappa shape index (κ1) is 20.0. The van der Waals surface area contributed by atoms with E-state index in [2.05, 4.69) is 10.5 Å². The Balaban J connectivity index is 1.56. The summed E-state index contributed by atoms with van der Waals surface area (Å²) >= 11 is 0. The van der Waals surface area contributed by atoms with Gasteiger partial charge in [-0.2, -0.15) is 5.10 Å². The first-order valence-corrected chi connectivity index (χ1v) is 9.84. The molecular weight excluding hydrogens is 386 g/mol. The van der Waals surface area contributed by atoms with Crippen LogP contribution in [-0.2, 0) is 0 Å². The van der Waals surface area contributed by atoms with Crippen LogP contribution in [0.3, 0.4) is 0 Å². The SMILES string of the molecule is COc1ccccc1/C=C/C=N/NC(=O)c1cc(-c2ccccc2)nc2ccccc12. The molecule has 1 heterocycles. The molecule has 0 aliphatic carbocycles. The van der Waals surface area contributed by atoms with Crippen molar-refractivity contribution in [2.45, 2.75) is 0 Å². The van der Waals surface area contributed by atoms with Gasteiger partial charge in [-0.3, -0.25) is 4.79 Å². The molecule has 31 heavy (non-hydrogen) atoms. The van der Waals surface area contributed by atoms with Gasteiger partial charge in [0.2, 0.25) is 0 Å². The summed E-state index contributed by atoms with van der Waals surface area (Å²) in [5, 5.41) is 4.83. The summed E-state index contributed by atoms with van der Waals surface area (Å²) in [5.41, 5.74) is 6.50. The number of amides is 1. The Kier molecular flexibility index (Phi) is 6.14. The molecule has 1 amide bonds. The number of allylic oxidation sites excluding steroid dienone is 1. The number of pyridine rings is 1. The van der Waals surface area contributed by atoms with E-state index in [9.17, 15) is 4.79 Å². The van der Waals surface area contributed by atoms with E-state index in [0.29, 0.717) is 5.56 Å². The van der Waals surface area contributed by atoms with Gasteiger partial charge in [-0.25, -0.2) is 10.4 Å². The molecule has 0 aliphatic heterocycles. The van der Waals surface area contributed by atoms with Gasteiger partial charge in [-0.1, -0.05) is 66.7 Å². The monoisotopic (exact) mass is 407 g/mol. The molecule has 0 saturated heterocycles. The number of aromatic nitrogens is 1. The number of nitrogens with zero attached hydrogens (tertiary/aromatic N) is 2. The van der Waals surface area contributed by atoms with Crippen molar-refractivity contribution >= 4 is 29.1 Å². The van der Waals surface area contributed by atoms with Crippen LogP contribution in [0, 0.1) is 0 Å². The zero-order valence-electron chi connectivity index (χ0n) is 17.0. The Morgan fingerprint density at radius 1 is 0.968 bits per heavy atom. The van der Waals surface area contributed by atoms with Crippen molar-refractivity contribution in [1.82, 2.24) is 10.4 Å². The summed E-state index contributed by atoms with van der Waals surface area (Å²) in [6.45, 7) is 0. The van der Waals surface area contributed by atoms with E-state index in [4.69, 9.17) is 9.72 Å². The summed E-state index contributed by atoms with van der Waals surface area (Å²) in [4.78, 5) is 17.6. The number of rotatable bonds is 6. The van der Waals surface area contributed by atoms with Gasteiger partial charge >= 0.3 is 0 Å². The highest BCUT2D eigenvalue weighted by molar-refractivity contribution is 6.07. The average Bonchev–Trinajstić information content (AvgIpc) is 2.83. The topological polar surface area (TPSA) is 63.6 Å². The van der Waals surface area contributed by atoms with E-state index in [0.717, 1.165) is 33.5 Å². The Bertz CT molecular complexity index is 1260. The van der Waals surface area contributed by atoms with Gasteiger partial charge in [0.25, 0.3) is 5.91 Å². The Hall–Kier alpha value is -4.25. The van der Waals surface area contributed by atoms with E-state index < -0.39 is 0 Å². The summed E-state index contributed by atoms with van der Waals surface area (Å²) in [5.74, 6) is 0.477. The summed E-state index contributed by atoms with van der Waals surface area (Å²) < 4.78 is 5.32. The highest BCUT2D eigenvalue weighted by atomic mass is 16.5. The second-order valence-corrected chi connectivity index (χ2v) is 6.76. The Labute approximate surface area is 180 Å². The number of carbonyl (C=O) groups excluding carboxylic acids is 1. The van der Waals surface area contributed by atoms with E-state index in [1.54, 1.807) is 19.3 Å². The van der Waals surface area contributed by atoms with Crippen LogP contribution in [0.1, 0.15) is 15.9 Å². The third-order valence-corrected chi connectivity index (χ3v) is 4.77. The molecule has 5 nitrogen and oxygen atoms in total. The van der Waals surface area contributed by atoms with Crippen LogP contribution in [0.4, 0.5) is 0 Å². The van der Waals surface area contributed by atoms with Gasteiger partial charge in [-0.05, 0) is 30.4 Å². The molecule has 0 aliphatic rings. The first-order chi connectivity index (χ1) is 15.3. The second kappa shape index (κ2) is 9.50. The quantitative estimate of drug-likeness (QED) is 0.347. The number of methoxy groups -OCH3 is 1. The number of benzene rings is 3. The van der Waals surface area contributed by atoms with Gasteiger partial charge in [0.15, 0.2) is 0 Å². The molecule has 3 aromatic carbocycles. The summed E-state index contributed by atoms with van der Waals surface area (Å²) in [6.07, 6.45) is 5.15. The second-order valence-electron chi connectivity index (χ2n) is 6.76. The maximum Gasteiger partial charge on any atom is 0.272 e. The molecule has 0 atom stereocenters. The van der Waals surface area contributed by atoms with Crippen LogP contribution in [0.25, 0.3) is 28.2 Å². The highest BCUT2D eigenvalue weighted by Crippen LogP contribution is 2.24. The van der Waals surface area contributed by atoms with Gasteiger partial charge in [0, 0.05) is 22.7 Å². The van der Waals surface area contributed by atoms with Gasteiger partial charge in [0.05, 0.1) is 23.9 Å². The zero-order chi connectivity index (χ0) is 21.5. The molecule has 0 spiro atoms. The minimum Gasteiger partial charge on any atom is -0.496 e. The molecule has 1 N–H and O–H groups in total. The summed E-state index contributed by atoms with van der Waals surface area (Å²) in [7, 11) is 1.63. The fourth-order valence-corrected chi connectivity index (χ4v) is 3.27. The lowest BCUT2D eigenvalue weighted by atomic mass is 10.0. The molecule has 0 unspecified atom stereocenters. The first-order valence-electron chi connectivity index (χ1n) is 9.84. The fourth-order valence-electron chi connectivity index (χ4n) is 3.27. The van der Waals surface area contributed by atoms with E-state index >= 15 is 0 Å². The van der Waals surface area contributed by atoms with Crippen molar-refractivity contribution in [2.24, 2.45) is 5.10 Å². The van der Waals surface area contributed by atoms with Crippen LogP contribution in [0.15, 0.2) is 96.1 Å². The smallest absolute Gasteiger partial charge is 0.272 e. The maximum atomic E-state index is 12.9. The molecule has 0 radical (unpaired) electrons. The van der Waals surface area contributed by atoms with E-state index in [1.165, 1.54) is 6.21 Å². The molecule has 0 saturated carbocycles. The molecule has 4 aromatic rings. The molecular formula is C26H21N3O2. The molecule has 4 rings (SSSR count). The van der Waals surface area contributed by atoms with Crippen molar-refractivity contribution in [3.8, 4) is 17.0 Å². The minimum atomic E-state index is -0.294. The van der Waals surface area contributed by atoms with Crippen molar-refractivity contribution in [2.75, 3.05) is 7.11 Å². The molecule has 152 valence electrons. The van der Waals surface area contributed by atoms with E-state index in [-0.39, 0.29) is 5.91 Å². The van der Waals surface area contributed by atoms with Crippen LogP contribution in [0.2, 0.25) is 0 Å². The minimum absolute atomic E-state index is 0.294. The van der Waals surface area contributed by atoms with Crippen molar-refractivity contribution in [3.63, 3.8) is 0 Å². The van der Waals surface area contributed by atoms with E-state index in [1.807, 2.05) is 84.9 Å². The lowest BCUT2D eigenvalue weighted by Gasteiger charge is -2.08. The van der Waals surface area contributed by atoms with Crippen LogP contribution in [-0.4, -0.2) is 24.2 Å². The average molecular weight is 407 g/mol. The van der Waals surface area contributed by atoms with Gasteiger partial charge in [-0.15, -0.1) is 0 Å². The number of carbonyl (C=O) groups is 1. The van der Waals surface area contributed by atoms with Gasteiger partial charge in [0.1, 0.15) is 5.75 Å². The lowest BCUT2D eigenvalue weighted by molar-refractivity contribution is 0.0957. The third-order valence-electron chi connectivity index (χ3n) is 4.77. The molecule has 1 aromatic heterocycles. The standard InChI is InChI=1S/C26H21N3O2/c1-31-25-16-8-5-12-20(25)13-9-17-27-29-26(30)22-18-24(19-10-3-2-4-11-19)28-23-15-7-6-14-21(22)23/h2-18H,1H3,(H,29,30)/b13-9+,27-17+. The lowest BCUT2D eigenvalue weighted by Crippen LogP contribution is -2.18. The number of ether oxygens (including phenoxy) is 1. The molecule has 0 fully saturated rings. The summed E-state index contributed by atoms with van der Waals surface area (Å²) in [6, 6.07) is 26.8. The number of hydrogen-bond donors (Lipinski definition) is 1. The third kappa shape index (κ3) is 4.67. The van der Waals surface area contributed by atoms with Gasteiger partial charge < -0.3 is 4.74 Å². The zero-order valence-corrected chi connectivity index (χ0v) is 17.0. The van der Waals surface area contributed by atoms with Crippen LogP contribution in [0.5, 0.6) is 5.75 Å². The Morgan fingerprint density at radius 2 is 1.71 bits per heavy atom. The van der Waals surface area contributed by atoms with Crippen molar-refractivity contribution in [3.05, 3.63) is 102 Å². The molecule has 0 bridgehead atoms. The molecule has 5 heteroatoms. The van der Waals surface area contributed by atoms with Crippen LogP contribution < -0.4 is 10.2 Å². The predicted octanol–water partition coefficient (Wildman–Crippen LogP) is 5.34. The van der Waals surface area contributed by atoms with Crippen molar-refractivity contribution in [1.29, 1.82) is 0 Å². The highest BCUT2D eigenvalue weighted by Gasteiger charge is 2.13. The number of fused-ring (bicyclic) bond motifs is 1. The normalized spacial score (nSPS) is 11.3. The number of hydrogen-bond acceptors (Lipinski definition) is 4. The predicted molar refractivity (Wildman–Crippen MR) is 125 cm³/mol. The number of para-hydroxylation sites is 2. The Morgan fingerprint density at radius 3 is 2.55 bits per heavy atom. The van der Waals surface area contributed by atoms with Crippen molar-refractivity contribution < 1.29 is 9.53 Å². The maximum absolute atomic E-state index is 12.9. The number of hydrazone groups is 1. The fraction of sp³-hybridized carbons (Fsp3) is 0.0385. The van der Waals surface area contributed by atoms with Crippen LogP contribution >= 0.6 is 0 Å².